The van der Waals surface area contributed by atoms with Crippen molar-refractivity contribution < 1.29 is 0 Å². The van der Waals surface area contributed by atoms with Gasteiger partial charge in [0.1, 0.15) is 0 Å². The van der Waals surface area contributed by atoms with Gasteiger partial charge in [-0.1, -0.05) is 30.7 Å². The number of rotatable bonds is 4. The maximum atomic E-state index is 5.74. The molecule has 1 aromatic carbocycles. The summed E-state index contributed by atoms with van der Waals surface area (Å²) in [6, 6.07) is 11.0. The second-order valence-corrected chi connectivity index (χ2v) is 6.83. The predicted octanol–water partition coefficient (Wildman–Crippen LogP) is 4.33. The average Bonchev–Trinajstić information content (AvgIpc) is 2.77. The Bertz CT molecular complexity index is 546. The Labute approximate surface area is 126 Å². The Kier molecular flexibility index (Phi) is 4.03. The molecular formula is C15H17BrN2S. The van der Waals surface area contributed by atoms with E-state index in [4.69, 9.17) is 5.84 Å². The van der Waals surface area contributed by atoms with Crippen LogP contribution in [0.3, 0.4) is 0 Å². The fourth-order valence-electron chi connectivity index (χ4n) is 2.54. The summed E-state index contributed by atoms with van der Waals surface area (Å²) >= 11 is 5.29. The van der Waals surface area contributed by atoms with E-state index in [1.807, 2.05) is 0 Å². The summed E-state index contributed by atoms with van der Waals surface area (Å²) < 4.78 is 1.11. The highest BCUT2D eigenvalue weighted by Crippen LogP contribution is 2.37. The molecule has 1 aliphatic rings. The van der Waals surface area contributed by atoms with Crippen molar-refractivity contribution in [3.63, 3.8) is 0 Å². The molecule has 1 unspecified atom stereocenters. The molecule has 2 aromatic rings. The molecule has 1 atom stereocenters. The number of thiophene rings is 1. The van der Waals surface area contributed by atoms with Crippen molar-refractivity contribution in [2.75, 3.05) is 0 Å². The normalized spacial score (nSPS) is 17.2. The van der Waals surface area contributed by atoms with E-state index in [-0.39, 0.29) is 6.04 Å². The Morgan fingerprint density at radius 1 is 1.21 bits per heavy atom. The minimum absolute atomic E-state index is 0.0600. The van der Waals surface area contributed by atoms with Gasteiger partial charge in [-0.2, -0.15) is 0 Å². The average molecular weight is 337 g/mol. The van der Waals surface area contributed by atoms with E-state index in [1.165, 1.54) is 35.3 Å². The van der Waals surface area contributed by atoms with Gasteiger partial charge in [-0.25, -0.2) is 5.43 Å². The summed E-state index contributed by atoms with van der Waals surface area (Å²) in [6.45, 7) is 0. The summed E-state index contributed by atoms with van der Waals surface area (Å²) in [7, 11) is 0. The zero-order chi connectivity index (χ0) is 13.2. The molecule has 100 valence electrons. The van der Waals surface area contributed by atoms with Gasteiger partial charge < -0.3 is 0 Å². The van der Waals surface area contributed by atoms with Crippen molar-refractivity contribution in [3.05, 3.63) is 56.2 Å². The lowest BCUT2D eigenvalue weighted by molar-refractivity contribution is 0.419. The number of hydrogen-bond donors (Lipinski definition) is 2. The topological polar surface area (TPSA) is 38.0 Å². The van der Waals surface area contributed by atoms with Crippen LogP contribution in [0.2, 0.25) is 0 Å². The molecule has 0 saturated heterocycles. The standard InChI is InChI=1S/C15H17BrN2S/c16-13-8-9-19-15(13)14(18-17)12-6-4-11(5-7-12)10-2-1-3-10/h4-10,14,18H,1-3,17H2. The Morgan fingerprint density at radius 3 is 2.42 bits per heavy atom. The van der Waals surface area contributed by atoms with E-state index < -0.39 is 0 Å². The van der Waals surface area contributed by atoms with Crippen LogP contribution in [0.5, 0.6) is 0 Å². The summed E-state index contributed by atoms with van der Waals surface area (Å²) in [5.41, 5.74) is 5.60. The minimum Gasteiger partial charge on any atom is -0.271 e. The molecule has 0 amide bonds. The molecule has 1 saturated carbocycles. The van der Waals surface area contributed by atoms with Crippen LogP contribution in [0.15, 0.2) is 40.2 Å². The van der Waals surface area contributed by atoms with Crippen LogP contribution in [-0.2, 0) is 0 Å². The van der Waals surface area contributed by atoms with Gasteiger partial charge in [0.05, 0.1) is 6.04 Å². The van der Waals surface area contributed by atoms with Crippen LogP contribution in [0, 0.1) is 0 Å². The molecule has 1 aliphatic carbocycles. The molecule has 1 heterocycles. The van der Waals surface area contributed by atoms with Gasteiger partial charge in [0, 0.05) is 9.35 Å². The maximum absolute atomic E-state index is 5.74. The third-order valence-electron chi connectivity index (χ3n) is 3.92. The molecule has 2 nitrogen and oxygen atoms in total. The van der Waals surface area contributed by atoms with Crippen LogP contribution in [0.25, 0.3) is 0 Å². The lowest BCUT2D eigenvalue weighted by atomic mass is 9.80. The van der Waals surface area contributed by atoms with Gasteiger partial charge >= 0.3 is 0 Å². The minimum atomic E-state index is 0.0600. The lowest BCUT2D eigenvalue weighted by Gasteiger charge is -2.26. The number of hydrazine groups is 1. The summed E-state index contributed by atoms with van der Waals surface area (Å²) in [4.78, 5) is 1.22. The highest BCUT2D eigenvalue weighted by molar-refractivity contribution is 9.10. The molecule has 1 aromatic heterocycles. The Morgan fingerprint density at radius 2 is 1.95 bits per heavy atom. The molecule has 3 rings (SSSR count). The first-order chi connectivity index (χ1) is 9.29. The fourth-order valence-corrected chi connectivity index (χ4v) is 4.22. The van der Waals surface area contributed by atoms with E-state index in [0.717, 1.165) is 10.4 Å². The highest BCUT2D eigenvalue weighted by atomic mass is 79.9. The van der Waals surface area contributed by atoms with E-state index >= 15 is 0 Å². The monoisotopic (exact) mass is 336 g/mol. The van der Waals surface area contributed by atoms with Crippen molar-refractivity contribution >= 4 is 27.3 Å². The number of halogens is 1. The number of hydrogen-bond acceptors (Lipinski definition) is 3. The first-order valence-corrected chi connectivity index (χ1v) is 8.25. The van der Waals surface area contributed by atoms with Gasteiger partial charge in [0.25, 0.3) is 0 Å². The largest absolute Gasteiger partial charge is 0.271 e. The Balaban J connectivity index is 1.85. The van der Waals surface area contributed by atoms with Crippen molar-refractivity contribution in [3.8, 4) is 0 Å². The van der Waals surface area contributed by atoms with Crippen LogP contribution < -0.4 is 11.3 Å². The molecule has 0 radical (unpaired) electrons. The fraction of sp³-hybridized carbons (Fsp3) is 0.333. The van der Waals surface area contributed by atoms with Crippen LogP contribution >= 0.6 is 27.3 Å². The van der Waals surface area contributed by atoms with Crippen LogP contribution in [0.1, 0.15) is 47.2 Å². The molecule has 1 fully saturated rings. The summed E-state index contributed by atoms with van der Waals surface area (Å²) in [5, 5.41) is 2.08. The van der Waals surface area contributed by atoms with E-state index in [0.29, 0.717) is 0 Å². The first-order valence-electron chi connectivity index (χ1n) is 6.58. The van der Waals surface area contributed by atoms with E-state index in [2.05, 4.69) is 57.1 Å². The third-order valence-corrected chi connectivity index (χ3v) is 5.86. The maximum Gasteiger partial charge on any atom is 0.0813 e. The van der Waals surface area contributed by atoms with Gasteiger partial charge in [0.2, 0.25) is 0 Å². The SMILES string of the molecule is NNC(c1ccc(C2CCC2)cc1)c1sccc1Br. The van der Waals surface area contributed by atoms with Gasteiger partial charge in [0.15, 0.2) is 0 Å². The van der Waals surface area contributed by atoms with Crippen molar-refractivity contribution in [2.24, 2.45) is 5.84 Å². The van der Waals surface area contributed by atoms with Gasteiger partial charge in [-0.15, -0.1) is 11.3 Å². The van der Waals surface area contributed by atoms with Gasteiger partial charge in [-0.05, 0) is 57.3 Å². The zero-order valence-corrected chi connectivity index (χ0v) is 13.0. The quantitative estimate of drug-likeness (QED) is 0.644. The molecule has 0 bridgehead atoms. The van der Waals surface area contributed by atoms with Gasteiger partial charge in [-0.3, -0.25) is 5.84 Å². The summed E-state index contributed by atoms with van der Waals surface area (Å²) in [6.07, 6.45) is 4.06. The molecular weight excluding hydrogens is 320 g/mol. The third kappa shape index (κ3) is 2.63. The molecule has 0 spiro atoms. The van der Waals surface area contributed by atoms with Crippen LogP contribution in [0.4, 0.5) is 0 Å². The number of nitrogens with one attached hydrogen (secondary N) is 1. The van der Waals surface area contributed by atoms with Crippen LogP contribution in [-0.4, -0.2) is 0 Å². The van der Waals surface area contributed by atoms with Crippen molar-refractivity contribution in [1.29, 1.82) is 0 Å². The van der Waals surface area contributed by atoms with E-state index in [9.17, 15) is 0 Å². The van der Waals surface area contributed by atoms with Crippen molar-refractivity contribution in [2.45, 2.75) is 31.2 Å². The number of nitrogens with two attached hydrogens (primary N) is 1. The molecule has 4 heteroatoms. The van der Waals surface area contributed by atoms with E-state index in [1.54, 1.807) is 11.3 Å². The Hall–Kier alpha value is -0.680. The predicted molar refractivity (Wildman–Crippen MR) is 84.2 cm³/mol. The second kappa shape index (κ2) is 5.75. The number of benzene rings is 1. The summed E-state index contributed by atoms with van der Waals surface area (Å²) in [5.74, 6) is 6.52. The lowest BCUT2D eigenvalue weighted by Crippen LogP contribution is -2.28. The molecule has 19 heavy (non-hydrogen) atoms. The first kappa shape index (κ1) is 13.3. The highest BCUT2D eigenvalue weighted by Gasteiger charge is 2.21. The molecule has 0 aliphatic heterocycles. The molecule has 3 N–H and O–H groups in total. The smallest absolute Gasteiger partial charge is 0.0813 e. The zero-order valence-electron chi connectivity index (χ0n) is 10.6. The van der Waals surface area contributed by atoms with Crippen molar-refractivity contribution in [1.82, 2.24) is 5.43 Å². The second-order valence-electron chi connectivity index (χ2n) is 5.03.